The number of rotatable bonds is 3. The van der Waals surface area contributed by atoms with Crippen LogP contribution in [0.15, 0.2) is 30.8 Å². The molecule has 2 heteroatoms. The van der Waals surface area contributed by atoms with Crippen LogP contribution in [0.2, 0.25) is 0 Å². The van der Waals surface area contributed by atoms with Crippen LogP contribution in [0.3, 0.4) is 0 Å². The van der Waals surface area contributed by atoms with E-state index in [9.17, 15) is 4.79 Å². The van der Waals surface area contributed by atoms with E-state index in [4.69, 9.17) is 5.11 Å². The van der Waals surface area contributed by atoms with Gasteiger partial charge in [0.25, 0.3) is 0 Å². The molecule has 0 saturated carbocycles. The molecule has 2 nitrogen and oxygen atoms in total. The minimum absolute atomic E-state index is 0.464. The fraction of sp³-hybridized carbons (Fsp3) is 0.250. The van der Waals surface area contributed by atoms with E-state index in [-0.39, 0.29) is 0 Å². The number of hydrogen-bond donors (Lipinski definition) is 1. The first-order valence-corrected chi connectivity index (χ1v) is 4.51. The molecule has 0 aliphatic rings. The molecular formula is C12H14O2. The average Bonchev–Trinajstić information content (AvgIpc) is 2.16. The van der Waals surface area contributed by atoms with Crippen molar-refractivity contribution in [2.24, 2.45) is 0 Å². The van der Waals surface area contributed by atoms with Crippen molar-refractivity contribution in [3.63, 3.8) is 0 Å². The van der Waals surface area contributed by atoms with Crippen LogP contribution in [0.5, 0.6) is 0 Å². The molecule has 0 aromatic heterocycles. The summed E-state index contributed by atoms with van der Waals surface area (Å²) in [5.74, 6) is -1.27. The van der Waals surface area contributed by atoms with Crippen LogP contribution >= 0.6 is 0 Å². The Morgan fingerprint density at radius 1 is 1.50 bits per heavy atom. The number of benzene rings is 1. The third-order valence-corrected chi connectivity index (χ3v) is 2.25. The monoisotopic (exact) mass is 190 g/mol. The van der Waals surface area contributed by atoms with Crippen LogP contribution in [-0.2, 0) is 4.79 Å². The van der Waals surface area contributed by atoms with E-state index in [1.165, 1.54) is 0 Å². The SMILES string of the molecule is C=C(C)c1cccc([C@@H](C)C(=O)O)c1. The van der Waals surface area contributed by atoms with Gasteiger partial charge in [-0.15, -0.1) is 0 Å². The van der Waals surface area contributed by atoms with Gasteiger partial charge in [-0.1, -0.05) is 36.4 Å². The molecule has 0 bridgehead atoms. The molecule has 0 saturated heterocycles. The van der Waals surface area contributed by atoms with Crippen molar-refractivity contribution in [2.75, 3.05) is 0 Å². The molecule has 74 valence electrons. The predicted octanol–water partition coefficient (Wildman–Crippen LogP) is 2.91. The second kappa shape index (κ2) is 4.09. The zero-order chi connectivity index (χ0) is 10.7. The van der Waals surface area contributed by atoms with E-state index in [0.717, 1.165) is 16.7 Å². The first-order valence-electron chi connectivity index (χ1n) is 4.51. The van der Waals surface area contributed by atoms with Crippen molar-refractivity contribution >= 4 is 11.5 Å². The third kappa shape index (κ3) is 2.22. The van der Waals surface area contributed by atoms with Crippen LogP contribution in [0, 0.1) is 0 Å². The summed E-state index contributed by atoms with van der Waals surface area (Å²) in [6.07, 6.45) is 0. The Hall–Kier alpha value is -1.57. The predicted molar refractivity (Wildman–Crippen MR) is 57.2 cm³/mol. The minimum Gasteiger partial charge on any atom is -0.481 e. The highest BCUT2D eigenvalue weighted by atomic mass is 16.4. The molecule has 14 heavy (non-hydrogen) atoms. The molecule has 0 aliphatic carbocycles. The zero-order valence-electron chi connectivity index (χ0n) is 8.45. The van der Waals surface area contributed by atoms with E-state index in [1.54, 1.807) is 6.92 Å². The van der Waals surface area contributed by atoms with Gasteiger partial charge in [0, 0.05) is 0 Å². The van der Waals surface area contributed by atoms with Crippen molar-refractivity contribution < 1.29 is 9.90 Å². The van der Waals surface area contributed by atoms with E-state index >= 15 is 0 Å². The van der Waals surface area contributed by atoms with Crippen molar-refractivity contribution in [1.82, 2.24) is 0 Å². The molecule has 1 aromatic carbocycles. The van der Waals surface area contributed by atoms with E-state index in [0.29, 0.717) is 0 Å². The van der Waals surface area contributed by atoms with E-state index < -0.39 is 11.9 Å². The van der Waals surface area contributed by atoms with Gasteiger partial charge in [0.15, 0.2) is 0 Å². The summed E-state index contributed by atoms with van der Waals surface area (Å²) in [7, 11) is 0. The molecule has 0 radical (unpaired) electrons. The van der Waals surface area contributed by atoms with Crippen molar-refractivity contribution in [2.45, 2.75) is 19.8 Å². The smallest absolute Gasteiger partial charge is 0.310 e. The highest BCUT2D eigenvalue weighted by Gasteiger charge is 2.13. The van der Waals surface area contributed by atoms with Crippen molar-refractivity contribution in [3.05, 3.63) is 42.0 Å². The molecule has 0 fully saturated rings. The second-order valence-corrected chi connectivity index (χ2v) is 3.47. The normalized spacial score (nSPS) is 12.1. The van der Waals surface area contributed by atoms with Gasteiger partial charge in [-0.2, -0.15) is 0 Å². The lowest BCUT2D eigenvalue weighted by molar-refractivity contribution is -0.138. The van der Waals surface area contributed by atoms with Gasteiger partial charge < -0.3 is 5.11 Å². The molecule has 1 N–H and O–H groups in total. The lowest BCUT2D eigenvalue weighted by Gasteiger charge is -2.08. The van der Waals surface area contributed by atoms with Gasteiger partial charge in [-0.25, -0.2) is 0 Å². The number of carboxylic acid groups (broad SMARTS) is 1. The van der Waals surface area contributed by atoms with Gasteiger partial charge in [0.2, 0.25) is 0 Å². The lowest BCUT2D eigenvalue weighted by Crippen LogP contribution is -2.07. The molecule has 0 heterocycles. The third-order valence-electron chi connectivity index (χ3n) is 2.25. The van der Waals surface area contributed by atoms with Crippen molar-refractivity contribution in [1.29, 1.82) is 0 Å². The largest absolute Gasteiger partial charge is 0.481 e. The van der Waals surface area contributed by atoms with Gasteiger partial charge >= 0.3 is 5.97 Å². The fourth-order valence-electron chi connectivity index (χ4n) is 1.22. The molecule has 0 amide bonds. The summed E-state index contributed by atoms with van der Waals surface area (Å²) in [4.78, 5) is 10.8. The quantitative estimate of drug-likeness (QED) is 0.795. The summed E-state index contributed by atoms with van der Waals surface area (Å²) in [6.45, 7) is 7.41. The second-order valence-electron chi connectivity index (χ2n) is 3.47. The topological polar surface area (TPSA) is 37.3 Å². The van der Waals surface area contributed by atoms with Crippen LogP contribution in [0.4, 0.5) is 0 Å². The highest BCUT2D eigenvalue weighted by Crippen LogP contribution is 2.20. The maximum absolute atomic E-state index is 10.8. The van der Waals surface area contributed by atoms with Gasteiger partial charge in [-0.05, 0) is 25.0 Å². The maximum atomic E-state index is 10.8. The molecule has 0 spiro atoms. The number of carbonyl (C=O) groups is 1. The van der Waals surface area contributed by atoms with Gasteiger partial charge in [-0.3, -0.25) is 4.79 Å². The van der Waals surface area contributed by atoms with Crippen LogP contribution in [0.1, 0.15) is 30.9 Å². The summed E-state index contributed by atoms with van der Waals surface area (Å²) >= 11 is 0. The van der Waals surface area contributed by atoms with Gasteiger partial charge in [0.05, 0.1) is 5.92 Å². The summed E-state index contributed by atoms with van der Waals surface area (Å²) < 4.78 is 0. The van der Waals surface area contributed by atoms with Crippen molar-refractivity contribution in [3.8, 4) is 0 Å². The number of aliphatic carboxylic acids is 1. The fourth-order valence-corrected chi connectivity index (χ4v) is 1.22. The summed E-state index contributed by atoms with van der Waals surface area (Å²) in [5.41, 5.74) is 2.76. The highest BCUT2D eigenvalue weighted by molar-refractivity contribution is 5.76. The lowest BCUT2D eigenvalue weighted by atomic mass is 9.97. The average molecular weight is 190 g/mol. The van der Waals surface area contributed by atoms with E-state index in [2.05, 4.69) is 6.58 Å². The molecule has 1 rings (SSSR count). The Balaban J connectivity index is 3.05. The Bertz CT molecular complexity index is 366. The zero-order valence-corrected chi connectivity index (χ0v) is 8.45. The number of hydrogen-bond acceptors (Lipinski definition) is 1. The Kier molecular flexibility index (Phi) is 3.07. The maximum Gasteiger partial charge on any atom is 0.310 e. The Labute approximate surface area is 83.9 Å². The molecule has 1 aromatic rings. The summed E-state index contributed by atoms with van der Waals surface area (Å²) in [5, 5.41) is 8.84. The van der Waals surface area contributed by atoms with Crippen LogP contribution in [-0.4, -0.2) is 11.1 Å². The molecule has 0 unspecified atom stereocenters. The van der Waals surface area contributed by atoms with Crippen LogP contribution < -0.4 is 0 Å². The Morgan fingerprint density at radius 2 is 2.14 bits per heavy atom. The molecular weight excluding hydrogens is 176 g/mol. The minimum atomic E-state index is -0.802. The molecule has 1 atom stereocenters. The molecule has 0 aliphatic heterocycles. The van der Waals surface area contributed by atoms with Crippen LogP contribution in [0.25, 0.3) is 5.57 Å². The Morgan fingerprint density at radius 3 is 2.64 bits per heavy atom. The summed E-state index contributed by atoms with van der Waals surface area (Å²) in [6, 6.07) is 7.49. The van der Waals surface area contributed by atoms with E-state index in [1.807, 2.05) is 31.2 Å². The van der Waals surface area contributed by atoms with Gasteiger partial charge in [0.1, 0.15) is 0 Å². The standard InChI is InChI=1S/C12H14O2/c1-8(2)10-5-4-6-11(7-10)9(3)12(13)14/h4-7,9H,1H2,2-3H3,(H,13,14)/t9-/m1/s1. The first kappa shape index (κ1) is 10.5. The number of carboxylic acids is 1. The first-order chi connectivity index (χ1) is 6.52. The number of allylic oxidation sites excluding steroid dienone is 1.